The standard InChI is InChI=1S/C17H12N2O3S/c1-2-9-19-16(21)15(23-17(19)22)11-13-4-3-10-18(13)12-5-7-14(20)8-6-12/h1,3-8,10-11,20H,9H2/b15-11-. The van der Waals surface area contributed by atoms with E-state index >= 15 is 0 Å². The minimum Gasteiger partial charge on any atom is -0.508 e. The van der Waals surface area contributed by atoms with Crippen LogP contribution >= 0.6 is 11.8 Å². The average molecular weight is 324 g/mol. The van der Waals surface area contributed by atoms with E-state index in [0.29, 0.717) is 4.91 Å². The Balaban J connectivity index is 1.94. The summed E-state index contributed by atoms with van der Waals surface area (Å²) in [5.74, 6) is 2.11. The zero-order chi connectivity index (χ0) is 16.4. The first-order valence-electron chi connectivity index (χ1n) is 6.76. The van der Waals surface area contributed by atoms with Crippen molar-refractivity contribution in [3.05, 3.63) is 53.2 Å². The van der Waals surface area contributed by atoms with Gasteiger partial charge in [0.15, 0.2) is 0 Å². The van der Waals surface area contributed by atoms with Crippen molar-refractivity contribution >= 4 is 29.0 Å². The number of hydrogen-bond donors (Lipinski definition) is 1. The van der Waals surface area contributed by atoms with Crippen LogP contribution < -0.4 is 0 Å². The average Bonchev–Trinajstić information content (AvgIpc) is 3.09. The number of amides is 2. The SMILES string of the molecule is C#CCN1C(=O)S/C(=C\c2cccn2-c2ccc(O)cc2)C1=O. The maximum atomic E-state index is 12.2. The van der Waals surface area contributed by atoms with Crippen molar-refractivity contribution in [2.45, 2.75) is 0 Å². The number of aromatic nitrogens is 1. The summed E-state index contributed by atoms with van der Waals surface area (Å²) in [6, 6.07) is 10.4. The third kappa shape index (κ3) is 2.87. The van der Waals surface area contributed by atoms with Gasteiger partial charge < -0.3 is 9.67 Å². The van der Waals surface area contributed by atoms with E-state index in [4.69, 9.17) is 6.42 Å². The van der Waals surface area contributed by atoms with Gasteiger partial charge in [0, 0.05) is 17.6 Å². The second-order valence-corrected chi connectivity index (χ2v) is 5.78. The van der Waals surface area contributed by atoms with Crippen molar-refractivity contribution in [2.24, 2.45) is 0 Å². The Bertz CT molecular complexity index is 843. The Morgan fingerprint density at radius 1 is 1.22 bits per heavy atom. The molecule has 2 aromatic rings. The summed E-state index contributed by atoms with van der Waals surface area (Å²) in [4.78, 5) is 25.4. The lowest BCUT2D eigenvalue weighted by molar-refractivity contribution is -0.122. The summed E-state index contributed by atoms with van der Waals surface area (Å²) in [6.07, 6.45) is 8.68. The van der Waals surface area contributed by atoms with Crippen molar-refractivity contribution in [1.29, 1.82) is 0 Å². The van der Waals surface area contributed by atoms with Crippen molar-refractivity contribution in [1.82, 2.24) is 9.47 Å². The zero-order valence-electron chi connectivity index (χ0n) is 12.0. The predicted octanol–water partition coefficient (Wildman–Crippen LogP) is 2.85. The van der Waals surface area contributed by atoms with Gasteiger partial charge in [0.2, 0.25) is 0 Å². The van der Waals surface area contributed by atoms with Crippen LogP contribution in [-0.4, -0.2) is 32.3 Å². The number of terminal acetylenes is 1. The Morgan fingerprint density at radius 3 is 2.65 bits per heavy atom. The molecule has 2 amide bonds. The number of rotatable bonds is 3. The molecule has 3 rings (SSSR count). The van der Waals surface area contributed by atoms with Gasteiger partial charge >= 0.3 is 0 Å². The van der Waals surface area contributed by atoms with E-state index in [1.54, 1.807) is 30.3 Å². The number of aromatic hydroxyl groups is 1. The van der Waals surface area contributed by atoms with E-state index in [9.17, 15) is 14.7 Å². The smallest absolute Gasteiger partial charge is 0.294 e. The Morgan fingerprint density at radius 2 is 1.96 bits per heavy atom. The first-order chi connectivity index (χ1) is 11.1. The zero-order valence-corrected chi connectivity index (χ0v) is 12.8. The van der Waals surface area contributed by atoms with Crippen LogP contribution in [0.15, 0.2) is 47.5 Å². The lowest BCUT2D eigenvalue weighted by atomic mass is 10.3. The molecule has 0 saturated carbocycles. The fraction of sp³-hybridized carbons (Fsp3) is 0.0588. The summed E-state index contributed by atoms with van der Waals surface area (Å²) in [7, 11) is 0. The van der Waals surface area contributed by atoms with Gasteiger partial charge in [-0.25, -0.2) is 0 Å². The number of thioether (sulfide) groups is 1. The van der Waals surface area contributed by atoms with Crippen molar-refractivity contribution in [3.63, 3.8) is 0 Å². The molecule has 1 aromatic heterocycles. The van der Waals surface area contributed by atoms with E-state index in [2.05, 4.69) is 5.92 Å². The van der Waals surface area contributed by atoms with Gasteiger partial charge in [0.05, 0.1) is 11.4 Å². The van der Waals surface area contributed by atoms with Crippen molar-refractivity contribution < 1.29 is 14.7 Å². The second kappa shape index (κ2) is 6.07. The first kappa shape index (κ1) is 15.0. The molecular weight excluding hydrogens is 312 g/mol. The Kier molecular flexibility index (Phi) is 3.96. The summed E-state index contributed by atoms with van der Waals surface area (Å²) < 4.78 is 1.86. The number of nitrogens with zero attached hydrogens (tertiary/aromatic N) is 2. The molecule has 0 aliphatic carbocycles. The van der Waals surface area contributed by atoms with Gasteiger partial charge in [-0.05, 0) is 54.2 Å². The summed E-state index contributed by atoms with van der Waals surface area (Å²) in [6.45, 7) is -0.0268. The molecule has 114 valence electrons. The fourth-order valence-electron chi connectivity index (χ4n) is 2.22. The van der Waals surface area contributed by atoms with Crippen LogP contribution in [0.2, 0.25) is 0 Å². The van der Waals surface area contributed by atoms with E-state index in [-0.39, 0.29) is 23.4 Å². The molecule has 6 heteroatoms. The van der Waals surface area contributed by atoms with Crippen LogP contribution in [0.1, 0.15) is 5.69 Å². The summed E-state index contributed by atoms with van der Waals surface area (Å²) in [5, 5.41) is 9.01. The lowest BCUT2D eigenvalue weighted by Gasteiger charge is -2.08. The van der Waals surface area contributed by atoms with E-state index in [0.717, 1.165) is 28.0 Å². The highest BCUT2D eigenvalue weighted by Gasteiger charge is 2.34. The molecule has 1 fully saturated rings. The van der Waals surface area contributed by atoms with Crippen LogP contribution in [-0.2, 0) is 4.79 Å². The van der Waals surface area contributed by atoms with Crippen molar-refractivity contribution in [3.8, 4) is 23.8 Å². The monoisotopic (exact) mass is 324 g/mol. The van der Waals surface area contributed by atoms with E-state index in [1.807, 2.05) is 22.9 Å². The lowest BCUT2D eigenvalue weighted by Crippen LogP contribution is -2.28. The number of phenolic OH excluding ortho intramolecular Hbond substituents is 1. The Labute approximate surface area is 137 Å². The third-order valence-electron chi connectivity index (χ3n) is 3.31. The molecule has 1 aliphatic rings. The molecule has 0 spiro atoms. The van der Waals surface area contributed by atoms with Crippen molar-refractivity contribution in [2.75, 3.05) is 6.54 Å². The topological polar surface area (TPSA) is 62.5 Å². The van der Waals surface area contributed by atoms with Crippen LogP contribution in [0.5, 0.6) is 5.75 Å². The van der Waals surface area contributed by atoms with Gasteiger partial charge in [-0.2, -0.15) is 0 Å². The number of carbonyl (C=O) groups excluding carboxylic acids is 2. The molecule has 0 bridgehead atoms. The molecule has 1 aliphatic heterocycles. The van der Waals surface area contributed by atoms with Crippen LogP contribution in [0.4, 0.5) is 4.79 Å². The van der Waals surface area contributed by atoms with Gasteiger partial charge in [-0.1, -0.05) is 5.92 Å². The van der Waals surface area contributed by atoms with Gasteiger partial charge in [0.1, 0.15) is 5.75 Å². The van der Waals surface area contributed by atoms with E-state index in [1.165, 1.54) is 0 Å². The van der Waals surface area contributed by atoms with Gasteiger partial charge in [-0.3, -0.25) is 14.5 Å². The molecular formula is C17H12N2O3S. The van der Waals surface area contributed by atoms with E-state index < -0.39 is 0 Å². The quantitative estimate of drug-likeness (QED) is 0.696. The van der Waals surface area contributed by atoms with Crippen LogP contribution in [0, 0.1) is 12.3 Å². The second-order valence-electron chi connectivity index (χ2n) is 4.79. The number of phenols is 1. The van der Waals surface area contributed by atoms with Gasteiger partial charge in [-0.15, -0.1) is 6.42 Å². The minimum absolute atomic E-state index is 0.0268. The molecule has 0 atom stereocenters. The summed E-state index contributed by atoms with van der Waals surface area (Å²) in [5.41, 5.74) is 1.59. The highest BCUT2D eigenvalue weighted by molar-refractivity contribution is 8.18. The Hall–Kier alpha value is -2.91. The molecule has 1 N–H and O–H groups in total. The highest BCUT2D eigenvalue weighted by Crippen LogP contribution is 2.32. The first-order valence-corrected chi connectivity index (χ1v) is 7.57. The fourth-order valence-corrected chi connectivity index (χ4v) is 3.04. The molecule has 0 radical (unpaired) electrons. The number of hydrogen-bond acceptors (Lipinski definition) is 4. The van der Waals surface area contributed by atoms with Crippen LogP contribution in [0.25, 0.3) is 11.8 Å². The predicted molar refractivity (Wildman–Crippen MR) is 88.9 cm³/mol. The van der Waals surface area contributed by atoms with Crippen LogP contribution in [0.3, 0.4) is 0 Å². The molecule has 0 unspecified atom stereocenters. The minimum atomic E-state index is -0.378. The highest BCUT2D eigenvalue weighted by atomic mass is 32.2. The normalized spacial score (nSPS) is 16.1. The molecule has 1 aromatic carbocycles. The summed E-state index contributed by atoms with van der Waals surface area (Å²) >= 11 is 0.876. The molecule has 5 nitrogen and oxygen atoms in total. The molecule has 2 heterocycles. The van der Waals surface area contributed by atoms with Gasteiger partial charge in [0.25, 0.3) is 11.1 Å². The maximum Gasteiger partial charge on any atom is 0.294 e. The number of benzene rings is 1. The molecule has 23 heavy (non-hydrogen) atoms. The largest absolute Gasteiger partial charge is 0.508 e. The number of imide groups is 1. The molecule has 1 saturated heterocycles. The maximum absolute atomic E-state index is 12.2. The number of carbonyl (C=O) groups is 2. The third-order valence-corrected chi connectivity index (χ3v) is 4.22.